The number of phenolic OH excluding ortho intramolecular Hbond substituents is 1. The molecule has 0 saturated carbocycles. The first-order chi connectivity index (χ1) is 14.6. The van der Waals surface area contributed by atoms with Crippen molar-refractivity contribution in [2.24, 2.45) is 0 Å². The van der Waals surface area contributed by atoms with Gasteiger partial charge in [-0.2, -0.15) is 0 Å². The van der Waals surface area contributed by atoms with Gasteiger partial charge in [0.15, 0.2) is 17.7 Å². The Morgan fingerprint density at radius 1 is 1.00 bits per heavy atom. The number of aliphatic hydroxyl groups is 1. The third-order valence-electron chi connectivity index (χ3n) is 4.34. The van der Waals surface area contributed by atoms with Crippen LogP contribution in [0.25, 0.3) is 0 Å². The van der Waals surface area contributed by atoms with Gasteiger partial charge in [-0.3, -0.25) is 5.32 Å². The average Bonchev–Trinajstić information content (AvgIpc) is 2.75. The Labute approximate surface area is 173 Å². The summed E-state index contributed by atoms with van der Waals surface area (Å²) in [7, 11) is 0. The summed E-state index contributed by atoms with van der Waals surface area (Å²) in [6.07, 6.45) is -2.49. The number of amides is 1. The second-order valence-corrected chi connectivity index (χ2v) is 6.51. The van der Waals surface area contributed by atoms with Crippen molar-refractivity contribution in [3.05, 3.63) is 90.2 Å². The van der Waals surface area contributed by atoms with Crippen molar-refractivity contribution in [2.75, 3.05) is 11.9 Å². The van der Waals surface area contributed by atoms with Gasteiger partial charge >= 0.3 is 6.09 Å². The van der Waals surface area contributed by atoms with Crippen LogP contribution in [-0.4, -0.2) is 29.0 Å². The van der Waals surface area contributed by atoms with Crippen LogP contribution in [0.2, 0.25) is 0 Å². The third kappa shape index (κ3) is 5.71. The minimum atomic E-state index is -1.05. The maximum atomic E-state index is 14.0. The Morgan fingerprint density at radius 3 is 2.30 bits per heavy atom. The molecule has 0 aromatic heterocycles. The molecule has 3 rings (SSSR count). The molecule has 0 saturated heterocycles. The number of nitrogens with one attached hydrogen (secondary N) is 1. The lowest BCUT2D eigenvalue weighted by molar-refractivity contribution is 0.00892. The van der Waals surface area contributed by atoms with Crippen molar-refractivity contribution in [1.82, 2.24) is 0 Å². The molecule has 0 heterocycles. The van der Waals surface area contributed by atoms with Crippen molar-refractivity contribution in [3.63, 3.8) is 0 Å². The van der Waals surface area contributed by atoms with Gasteiger partial charge in [-0.05, 0) is 42.0 Å². The summed E-state index contributed by atoms with van der Waals surface area (Å²) < 4.78 is 25.5. The number of carbonyl (C=O) groups excluding carboxylic acids is 1. The van der Waals surface area contributed by atoms with Gasteiger partial charge < -0.3 is 19.7 Å². The van der Waals surface area contributed by atoms with E-state index in [4.69, 9.17) is 9.47 Å². The molecular formula is C23H22FNO5. The van der Waals surface area contributed by atoms with Gasteiger partial charge in [0.05, 0.1) is 0 Å². The van der Waals surface area contributed by atoms with E-state index >= 15 is 0 Å². The molecule has 0 aliphatic carbocycles. The van der Waals surface area contributed by atoms with Crippen LogP contribution >= 0.6 is 0 Å². The van der Waals surface area contributed by atoms with Gasteiger partial charge in [-0.15, -0.1) is 0 Å². The predicted octanol–water partition coefficient (Wildman–Crippen LogP) is 4.65. The van der Waals surface area contributed by atoms with Crippen molar-refractivity contribution < 1.29 is 28.9 Å². The minimum absolute atomic E-state index is 0.126. The fourth-order valence-electron chi connectivity index (χ4n) is 2.92. The minimum Gasteiger partial charge on any atom is -0.505 e. The molecule has 3 aromatic carbocycles. The molecule has 0 radical (unpaired) electrons. The number of ether oxygens (including phenoxy) is 2. The zero-order valence-corrected chi connectivity index (χ0v) is 16.1. The number of rotatable bonds is 8. The Hall–Kier alpha value is -3.58. The first kappa shape index (κ1) is 21.1. The van der Waals surface area contributed by atoms with E-state index in [1.54, 1.807) is 48.5 Å². The first-order valence-electron chi connectivity index (χ1n) is 9.40. The normalized spacial score (nSPS) is 12.6. The number of hydrogen-bond donors (Lipinski definition) is 3. The molecule has 2 atom stereocenters. The molecule has 0 fully saturated rings. The Bertz CT molecular complexity index is 952. The van der Waals surface area contributed by atoms with E-state index in [9.17, 15) is 19.4 Å². The second-order valence-electron chi connectivity index (χ2n) is 6.51. The van der Waals surface area contributed by atoms with E-state index in [2.05, 4.69) is 5.32 Å². The summed E-state index contributed by atoms with van der Waals surface area (Å²) >= 11 is 0. The Kier molecular flexibility index (Phi) is 7.24. The third-order valence-corrected chi connectivity index (χ3v) is 4.34. The average molecular weight is 411 g/mol. The molecule has 3 aromatic rings. The molecule has 0 unspecified atom stereocenters. The van der Waals surface area contributed by atoms with Gasteiger partial charge in [-0.1, -0.05) is 42.5 Å². The fourth-order valence-corrected chi connectivity index (χ4v) is 2.92. The van der Waals surface area contributed by atoms with E-state index in [1.807, 2.05) is 12.1 Å². The highest BCUT2D eigenvalue weighted by molar-refractivity contribution is 5.84. The smallest absolute Gasteiger partial charge is 0.412 e. The number of aromatic hydroxyl groups is 1. The standard InChI is InChI=1S/C23H22FNO5/c24-19-15-16(11-12-20(19)27)22(30-23(28)25-17-7-3-1-4-8-17)21(13-14-26)29-18-9-5-2-6-10-18/h1-12,15,21-22,26-27H,13-14H2,(H,25,28)/t21-,22-/m0/s1. The molecule has 3 N–H and O–H groups in total. The summed E-state index contributed by atoms with van der Waals surface area (Å²) in [5, 5.41) is 21.6. The van der Waals surface area contributed by atoms with E-state index in [0.717, 1.165) is 6.07 Å². The van der Waals surface area contributed by atoms with Gasteiger partial charge in [0.25, 0.3) is 0 Å². The lowest BCUT2D eigenvalue weighted by atomic mass is 10.0. The fraction of sp³-hybridized carbons (Fsp3) is 0.174. The topological polar surface area (TPSA) is 88.0 Å². The van der Waals surface area contributed by atoms with E-state index in [-0.39, 0.29) is 18.6 Å². The summed E-state index contributed by atoms with van der Waals surface area (Å²) in [5.41, 5.74) is 0.809. The lowest BCUT2D eigenvalue weighted by Crippen LogP contribution is -2.31. The summed E-state index contributed by atoms with van der Waals surface area (Å²) in [6, 6.07) is 21.3. The van der Waals surface area contributed by atoms with E-state index < -0.39 is 29.9 Å². The van der Waals surface area contributed by atoms with Crippen LogP contribution in [0.1, 0.15) is 18.1 Å². The molecular weight excluding hydrogens is 389 g/mol. The van der Waals surface area contributed by atoms with Crippen LogP contribution in [0.15, 0.2) is 78.9 Å². The van der Waals surface area contributed by atoms with Crippen molar-refractivity contribution >= 4 is 11.8 Å². The summed E-state index contributed by atoms with van der Waals surface area (Å²) in [4.78, 5) is 12.5. The number of carbonyl (C=O) groups is 1. The second kappa shape index (κ2) is 10.3. The van der Waals surface area contributed by atoms with Crippen LogP contribution in [0, 0.1) is 5.82 Å². The number of benzene rings is 3. The monoisotopic (exact) mass is 411 g/mol. The van der Waals surface area contributed by atoms with E-state index in [1.165, 1.54) is 12.1 Å². The first-order valence-corrected chi connectivity index (χ1v) is 9.40. The van der Waals surface area contributed by atoms with Gasteiger partial charge in [0.1, 0.15) is 11.9 Å². The largest absolute Gasteiger partial charge is 0.505 e. The Balaban J connectivity index is 1.88. The van der Waals surface area contributed by atoms with Crippen molar-refractivity contribution in [1.29, 1.82) is 0 Å². The SMILES string of the molecule is O=C(Nc1ccccc1)O[C@@H](c1ccc(O)c(F)c1)[C@H](CCO)Oc1ccccc1. The highest BCUT2D eigenvalue weighted by Gasteiger charge is 2.29. The molecule has 30 heavy (non-hydrogen) atoms. The Morgan fingerprint density at radius 2 is 1.67 bits per heavy atom. The number of halogens is 1. The van der Waals surface area contributed by atoms with Crippen LogP contribution < -0.4 is 10.1 Å². The highest BCUT2D eigenvalue weighted by atomic mass is 19.1. The summed E-state index contributed by atoms with van der Waals surface area (Å²) in [6.45, 7) is -0.238. The number of hydrogen-bond acceptors (Lipinski definition) is 5. The zero-order chi connectivity index (χ0) is 21.3. The van der Waals surface area contributed by atoms with Gasteiger partial charge in [-0.25, -0.2) is 9.18 Å². The molecule has 6 nitrogen and oxygen atoms in total. The number of anilines is 1. The number of para-hydroxylation sites is 2. The molecule has 0 aliphatic rings. The predicted molar refractivity (Wildman–Crippen MR) is 110 cm³/mol. The van der Waals surface area contributed by atoms with Crippen LogP contribution in [0.5, 0.6) is 11.5 Å². The zero-order valence-electron chi connectivity index (χ0n) is 16.1. The van der Waals surface area contributed by atoms with Crippen molar-refractivity contribution in [3.8, 4) is 11.5 Å². The highest BCUT2D eigenvalue weighted by Crippen LogP contribution is 2.30. The molecule has 1 amide bonds. The molecule has 0 bridgehead atoms. The molecule has 0 spiro atoms. The summed E-state index contributed by atoms with van der Waals surface area (Å²) in [5.74, 6) is -0.867. The van der Waals surface area contributed by atoms with Gasteiger partial charge in [0, 0.05) is 18.7 Å². The van der Waals surface area contributed by atoms with Crippen LogP contribution in [-0.2, 0) is 4.74 Å². The van der Waals surface area contributed by atoms with E-state index in [0.29, 0.717) is 11.4 Å². The quantitative estimate of drug-likeness (QED) is 0.502. The van der Waals surface area contributed by atoms with Crippen LogP contribution in [0.4, 0.5) is 14.9 Å². The lowest BCUT2D eigenvalue weighted by Gasteiger charge is -2.28. The number of aliphatic hydroxyl groups excluding tert-OH is 1. The maximum Gasteiger partial charge on any atom is 0.412 e. The molecule has 156 valence electrons. The van der Waals surface area contributed by atoms with Crippen LogP contribution in [0.3, 0.4) is 0 Å². The van der Waals surface area contributed by atoms with Gasteiger partial charge in [0.2, 0.25) is 0 Å². The number of phenols is 1. The molecule has 7 heteroatoms. The van der Waals surface area contributed by atoms with Crippen molar-refractivity contribution in [2.45, 2.75) is 18.6 Å². The maximum absolute atomic E-state index is 14.0. The molecule has 0 aliphatic heterocycles.